The Kier molecular flexibility index (Phi) is 14.4. The van der Waals surface area contributed by atoms with E-state index in [2.05, 4.69) is 241 Å². The van der Waals surface area contributed by atoms with Crippen LogP contribution in [0.4, 0.5) is 0 Å². The summed E-state index contributed by atoms with van der Waals surface area (Å²) in [6, 6.07) is 80.5. The van der Waals surface area contributed by atoms with Gasteiger partial charge in [-0.3, -0.25) is 0 Å². The second-order valence-electron chi connectivity index (χ2n) is 16.9. The summed E-state index contributed by atoms with van der Waals surface area (Å²) in [5.41, 5.74) is 21.7. The first kappa shape index (κ1) is 48.0. The molecule has 0 radical (unpaired) electrons. The van der Waals surface area contributed by atoms with Crippen molar-refractivity contribution in [2.24, 2.45) is 0 Å². The molecule has 3 heterocycles. The molecule has 0 saturated heterocycles. The zero-order valence-corrected chi connectivity index (χ0v) is 45.2. The molecule has 11 rings (SSSR count). The molecular weight excluding hydrogens is 1240 g/mol. The van der Waals surface area contributed by atoms with E-state index in [1.165, 1.54) is 0 Å². The largest absolute Gasteiger partial charge is 3.00 e. The van der Waals surface area contributed by atoms with Crippen LogP contribution in [0.2, 0.25) is 0 Å². The molecule has 0 aliphatic rings. The Balaban J connectivity index is 0.00000582. The molecule has 0 spiro atoms. The molecule has 0 atom stereocenters. The van der Waals surface area contributed by atoms with E-state index in [1.54, 1.807) is 0 Å². The van der Waals surface area contributed by atoms with E-state index in [-0.39, 0.29) is 20.1 Å². The van der Waals surface area contributed by atoms with Crippen molar-refractivity contribution in [3.8, 4) is 112 Å². The van der Waals surface area contributed by atoms with E-state index in [0.717, 1.165) is 131 Å². The molecule has 3 nitrogen and oxygen atoms in total. The number of hydrogen-bond acceptors (Lipinski definition) is 3. The van der Waals surface area contributed by atoms with Gasteiger partial charge < -0.3 is 15.0 Å². The minimum atomic E-state index is 0. The Bertz CT molecular complexity index is 3560. The number of rotatable bonds is 10. The number of pyridine rings is 3. The van der Waals surface area contributed by atoms with E-state index in [4.69, 9.17) is 4.98 Å². The van der Waals surface area contributed by atoms with E-state index in [1.807, 2.05) is 61.1 Å². The maximum atomic E-state index is 4.91. The number of nitrogens with zero attached hydrogens (tertiary/aromatic N) is 3. The number of benzene rings is 8. The van der Waals surface area contributed by atoms with Crippen molar-refractivity contribution in [1.82, 2.24) is 15.0 Å². The molecule has 0 fully saturated rings. The van der Waals surface area contributed by atoms with Crippen LogP contribution in [-0.2, 0) is 20.1 Å². The molecule has 0 unspecified atom stereocenters. The molecule has 3 aromatic heterocycles. The maximum absolute atomic E-state index is 4.91. The van der Waals surface area contributed by atoms with Gasteiger partial charge in [-0.1, -0.05) is 228 Å². The topological polar surface area (TPSA) is 38.7 Å². The molecule has 8 aromatic carbocycles. The summed E-state index contributed by atoms with van der Waals surface area (Å²) < 4.78 is 2.88. The minimum absolute atomic E-state index is 0. The van der Waals surface area contributed by atoms with Crippen LogP contribution in [0.25, 0.3) is 112 Å². The van der Waals surface area contributed by atoms with E-state index >= 15 is 0 Å². The molecule has 11 aromatic rings. The first-order valence-electron chi connectivity index (χ1n) is 22.8. The molecule has 340 valence electrons. The summed E-state index contributed by atoms with van der Waals surface area (Å²) in [4.78, 5) is 14.1. The smallest absolute Gasteiger partial charge is 0.305 e. The summed E-state index contributed by atoms with van der Waals surface area (Å²) in [6.45, 7) is 2.14. The zero-order chi connectivity index (χ0) is 47.6. The molecule has 71 heavy (non-hydrogen) atoms. The molecule has 0 amide bonds. The van der Waals surface area contributed by atoms with Crippen LogP contribution in [0.1, 0.15) is 5.56 Å². The third-order valence-electron chi connectivity index (χ3n) is 12.6. The predicted octanol–water partition coefficient (Wildman–Crippen LogP) is 18.5. The van der Waals surface area contributed by atoms with Gasteiger partial charge in [-0.2, -0.15) is 0 Å². The molecule has 0 aliphatic heterocycles. The standard InChI is InChI=1S/C64H39Br3N3.Ir/c1-41-33-64(70-40-58(41)42-15-3-2-4-16-42)45-27-30-57(61(67)39-45)54-22-10-7-19-51(54)48-35-46(49-17-5-8-20-52(49)55-28-25-43(37-59(55)65)62-23-11-13-31-68-62)34-47(36-48)50-18-6-9-21-53(50)56-29-26-44(38-60(56)66)63-24-12-14-32-69-63;/h2-24,28-40H,1H3;/q-3;+3. The third kappa shape index (κ3) is 9.99. The van der Waals surface area contributed by atoms with E-state index < -0.39 is 0 Å². The number of halogens is 3. The third-order valence-corrected chi connectivity index (χ3v) is 14.5. The Morgan fingerprint density at radius 1 is 0.324 bits per heavy atom. The zero-order valence-electron chi connectivity index (χ0n) is 38.1. The average Bonchev–Trinajstić information content (AvgIpc) is 3.41. The summed E-state index contributed by atoms with van der Waals surface area (Å²) in [5.74, 6) is 0. The van der Waals surface area contributed by atoms with Crippen LogP contribution in [0, 0.1) is 25.1 Å². The molecule has 7 heteroatoms. The van der Waals surface area contributed by atoms with Gasteiger partial charge >= 0.3 is 20.1 Å². The summed E-state index contributed by atoms with van der Waals surface area (Å²) in [6.07, 6.45) is 5.59. The van der Waals surface area contributed by atoms with Gasteiger partial charge in [0.1, 0.15) is 0 Å². The molecule has 0 bridgehead atoms. The van der Waals surface area contributed by atoms with Gasteiger partial charge in [0.25, 0.3) is 0 Å². The fraction of sp³-hybridized carbons (Fsp3) is 0.0156. The van der Waals surface area contributed by atoms with Gasteiger partial charge in [0.2, 0.25) is 0 Å². The van der Waals surface area contributed by atoms with Crippen molar-refractivity contribution in [3.05, 3.63) is 256 Å². The van der Waals surface area contributed by atoms with Crippen LogP contribution in [0.5, 0.6) is 0 Å². The van der Waals surface area contributed by atoms with Crippen LogP contribution < -0.4 is 0 Å². The Hall–Kier alpha value is -6.70. The van der Waals surface area contributed by atoms with E-state index in [0.29, 0.717) is 0 Å². The quantitative estimate of drug-likeness (QED) is 0.128. The van der Waals surface area contributed by atoms with Crippen LogP contribution in [0.3, 0.4) is 0 Å². The van der Waals surface area contributed by atoms with Crippen molar-refractivity contribution < 1.29 is 20.1 Å². The molecule has 0 saturated carbocycles. The fourth-order valence-corrected chi connectivity index (χ4v) is 10.8. The van der Waals surface area contributed by atoms with Crippen molar-refractivity contribution in [2.75, 3.05) is 0 Å². The second kappa shape index (κ2) is 21.3. The first-order valence-corrected chi connectivity index (χ1v) is 25.2. The molecular formula is C64H39Br3IrN3. The fourth-order valence-electron chi connectivity index (χ4n) is 9.13. The van der Waals surface area contributed by atoms with Gasteiger partial charge in [0, 0.05) is 24.2 Å². The van der Waals surface area contributed by atoms with Crippen LogP contribution in [-0.4, -0.2) is 15.0 Å². The van der Waals surface area contributed by atoms with Gasteiger partial charge in [-0.05, 0) is 98.8 Å². The van der Waals surface area contributed by atoms with Gasteiger partial charge in [0.15, 0.2) is 0 Å². The number of aryl methyl sites for hydroxylation is 1. The SMILES string of the molecule is Cc1cc(-c2[c-]cc(-c3ccccc3-c3cc(-c4ccccc4-c4c[c-]c(-c5ccccn5)cc4Br)cc(-c4ccccc4-c4c[c-]c(-c5ccccn5)cc4Br)c3)c(Br)c2)ncc1-c1ccccc1.[Ir+3]. The Labute approximate surface area is 453 Å². The number of hydrogen-bond donors (Lipinski definition) is 0. The van der Waals surface area contributed by atoms with Gasteiger partial charge in [-0.25, -0.2) is 0 Å². The second-order valence-corrected chi connectivity index (χ2v) is 19.5. The molecule has 0 aliphatic carbocycles. The summed E-state index contributed by atoms with van der Waals surface area (Å²) in [5, 5.41) is 0. The normalized spacial score (nSPS) is 11.0. The molecule has 0 N–H and O–H groups in total. The minimum Gasteiger partial charge on any atom is -0.305 e. The monoisotopic (exact) mass is 1280 g/mol. The average molecular weight is 1280 g/mol. The summed E-state index contributed by atoms with van der Waals surface area (Å²) in [7, 11) is 0. The predicted molar refractivity (Wildman–Crippen MR) is 299 cm³/mol. The van der Waals surface area contributed by atoms with Crippen molar-refractivity contribution in [1.29, 1.82) is 0 Å². The van der Waals surface area contributed by atoms with Crippen LogP contribution in [0.15, 0.2) is 232 Å². The maximum Gasteiger partial charge on any atom is 3.00 e. The Morgan fingerprint density at radius 3 is 1.06 bits per heavy atom. The Morgan fingerprint density at radius 2 is 0.690 bits per heavy atom. The summed E-state index contributed by atoms with van der Waals surface area (Å²) >= 11 is 11.9. The van der Waals surface area contributed by atoms with Gasteiger partial charge in [-0.15, -0.1) is 71.3 Å². The number of aromatic nitrogens is 3. The van der Waals surface area contributed by atoms with Crippen LogP contribution >= 0.6 is 47.8 Å². The first-order chi connectivity index (χ1) is 34.4. The van der Waals surface area contributed by atoms with Crippen molar-refractivity contribution in [3.63, 3.8) is 0 Å². The van der Waals surface area contributed by atoms with Crippen molar-refractivity contribution >= 4 is 47.8 Å². The van der Waals surface area contributed by atoms with E-state index in [9.17, 15) is 0 Å². The van der Waals surface area contributed by atoms with Gasteiger partial charge in [0.05, 0.1) is 0 Å². The van der Waals surface area contributed by atoms with Crippen molar-refractivity contribution in [2.45, 2.75) is 6.92 Å².